The van der Waals surface area contributed by atoms with Crippen molar-refractivity contribution >= 4 is 11.5 Å². The van der Waals surface area contributed by atoms with Gasteiger partial charge in [0.1, 0.15) is 5.82 Å². The molecule has 0 amide bonds. The van der Waals surface area contributed by atoms with E-state index in [4.69, 9.17) is 5.11 Å². The van der Waals surface area contributed by atoms with Crippen LogP contribution >= 0.6 is 0 Å². The molecule has 4 nitrogen and oxygen atoms in total. The van der Waals surface area contributed by atoms with E-state index >= 15 is 0 Å². The molecule has 0 saturated heterocycles. The highest BCUT2D eigenvalue weighted by Crippen LogP contribution is 2.15. The van der Waals surface area contributed by atoms with Crippen LogP contribution in [-0.2, 0) is 0 Å². The molecular weight excluding hydrogens is 154 g/mol. The van der Waals surface area contributed by atoms with Crippen molar-refractivity contribution in [3.05, 3.63) is 18.3 Å². The molecule has 0 spiro atoms. The van der Waals surface area contributed by atoms with E-state index in [0.717, 1.165) is 11.5 Å². The first-order valence-electron chi connectivity index (χ1n) is 3.86. The zero-order chi connectivity index (χ0) is 8.81. The normalized spacial score (nSPS) is 9.50. The minimum atomic E-state index is 0.111. The first-order chi connectivity index (χ1) is 5.88. The third-order valence-corrected chi connectivity index (χ3v) is 1.48. The SMILES string of the molecule is CNc1cccnc1NCCO. The summed E-state index contributed by atoms with van der Waals surface area (Å²) in [7, 11) is 1.83. The maximum absolute atomic E-state index is 8.58. The minimum absolute atomic E-state index is 0.111. The second kappa shape index (κ2) is 4.56. The predicted octanol–water partition coefficient (Wildman–Crippen LogP) is 0.527. The standard InChI is InChI=1S/C8H13N3O/c1-9-7-3-2-4-10-8(7)11-5-6-12/h2-4,9,12H,5-6H2,1H3,(H,10,11). The highest BCUT2D eigenvalue weighted by molar-refractivity contribution is 5.63. The van der Waals surface area contributed by atoms with E-state index < -0.39 is 0 Å². The van der Waals surface area contributed by atoms with E-state index in [2.05, 4.69) is 15.6 Å². The van der Waals surface area contributed by atoms with Gasteiger partial charge in [-0.25, -0.2) is 4.98 Å². The van der Waals surface area contributed by atoms with Gasteiger partial charge in [0.15, 0.2) is 0 Å². The number of anilines is 2. The number of hydrogen-bond acceptors (Lipinski definition) is 4. The smallest absolute Gasteiger partial charge is 0.149 e. The second-order valence-electron chi connectivity index (χ2n) is 2.30. The van der Waals surface area contributed by atoms with Crippen LogP contribution in [0.2, 0.25) is 0 Å². The quantitative estimate of drug-likeness (QED) is 0.612. The van der Waals surface area contributed by atoms with Gasteiger partial charge in [-0.15, -0.1) is 0 Å². The van der Waals surface area contributed by atoms with Crippen LogP contribution in [0.4, 0.5) is 11.5 Å². The zero-order valence-corrected chi connectivity index (χ0v) is 7.04. The maximum Gasteiger partial charge on any atom is 0.149 e. The lowest BCUT2D eigenvalue weighted by atomic mass is 10.4. The summed E-state index contributed by atoms with van der Waals surface area (Å²) in [6.45, 7) is 0.630. The fourth-order valence-electron chi connectivity index (χ4n) is 0.922. The van der Waals surface area contributed by atoms with Gasteiger partial charge < -0.3 is 15.7 Å². The topological polar surface area (TPSA) is 57.2 Å². The molecule has 1 aromatic rings. The molecule has 0 aliphatic heterocycles. The van der Waals surface area contributed by atoms with E-state index in [1.807, 2.05) is 19.2 Å². The zero-order valence-electron chi connectivity index (χ0n) is 7.04. The van der Waals surface area contributed by atoms with Gasteiger partial charge in [-0.05, 0) is 12.1 Å². The van der Waals surface area contributed by atoms with E-state index in [1.54, 1.807) is 6.20 Å². The lowest BCUT2D eigenvalue weighted by Gasteiger charge is -2.08. The van der Waals surface area contributed by atoms with Crippen LogP contribution < -0.4 is 10.6 Å². The van der Waals surface area contributed by atoms with Crippen molar-refractivity contribution in [3.8, 4) is 0 Å². The average molecular weight is 167 g/mol. The minimum Gasteiger partial charge on any atom is -0.395 e. The van der Waals surface area contributed by atoms with Crippen LogP contribution in [0.25, 0.3) is 0 Å². The highest BCUT2D eigenvalue weighted by Gasteiger charge is 1.97. The summed E-state index contributed by atoms with van der Waals surface area (Å²) in [6, 6.07) is 3.78. The van der Waals surface area contributed by atoms with Gasteiger partial charge in [0.2, 0.25) is 0 Å². The number of nitrogens with one attached hydrogen (secondary N) is 2. The fourth-order valence-corrected chi connectivity index (χ4v) is 0.922. The Morgan fingerprint density at radius 3 is 3.08 bits per heavy atom. The van der Waals surface area contributed by atoms with E-state index in [0.29, 0.717) is 6.54 Å². The molecule has 66 valence electrons. The van der Waals surface area contributed by atoms with Gasteiger partial charge >= 0.3 is 0 Å². The Hall–Kier alpha value is -1.29. The lowest BCUT2D eigenvalue weighted by Crippen LogP contribution is -2.08. The Kier molecular flexibility index (Phi) is 3.35. The Morgan fingerprint density at radius 2 is 2.42 bits per heavy atom. The highest BCUT2D eigenvalue weighted by atomic mass is 16.3. The number of hydrogen-bond donors (Lipinski definition) is 3. The molecule has 12 heavy (non-hydrogen) atoms. The molecule has 0 atom stereocenters. The van der Waals surface area contributed by atoms with Gasteiger partial charge in [0.25, 0.3) is 0 Å². The lowest BCUT2D eigenvalue weighted by molar-refractivity contribution is 0.311. The Bertz CT molecular complexity index is 239. The van der Waals surface area contributed by atoms with Crippen molar-refractivity contribution in [2.45, 2.75) is 0 Å². The van der Waals surface area contributed by atoms with Crippen molar-refractivity contribution in [1.82, 2.24) is 4.98 Å². The Morgan fingerprint density at radius 1 is 1.58 bits per heavy atom. The van der Waals surface area contributed by atoms with Crippen molar-refractivity contribution in [2.75, 3.05) is 30.8 Å². The van der Waals surface area contributed by atoms with Gasteiger partial charge in [-0.3, -0.25) is 0 Å². The van der Waals surface area contributed by atoms with Gasteiger partial charge in [0.05, 0.1) is 12.3 Å². The molecular formula is C8H13N3O. The number of aliphatic hydroxyl groups is 1. The molecule has 1 aromatic heterocycles. The summed E-state index contributed by atoms with van der Waals surface area (Å²) in [5, 5.41) is 14.6. The Balaban J connectivity index is 2.68. The molecule has 0 saturated carbocycles. The van der Waals surface area contributed by atoms with Crippen LogP contribution in [0.15, 0.2) is 18.3 Å². The maximum atomic E-state index is 8.58. The second-order valence-corrected chi connectivity index (χ2v) is 2.30. The summed E-state index contributed by atoms with van der Waals surface area (Å²) < 4.78 is 0. The number of rotatable bonds is 4. The van der Waals surface area contributed by atoms with E-state index in [1.165, 1.54) is 0 Å². The van der Waals surface area contributed by atoms with Crippen LogP contribution in [-0.4, -0.2) is 30.3 Å². The molecule has 1 rings (SSSR count). The molecule has 0 aliphatic carbocycles. The number of aromatic nitrogens is 1. The van der Waals surface area contributed by atoms with Crippen LogP contribution in [0.1, 0.15) is 0 Å². The van der Waals surface area contributed by atoms with E-state index in [9.17, 15) is 0 Å². The van der Waals surface area contributed by atoms with Crippen molar-refractivity contribution < 1.29 is 5.11 Å². The summed E-state index contributed by atoms with van der Waals surface area (Å²) in [5.41, 5.74) is 0.936. The molecule has 0 fully saturated rings. The van der Waals surface area contributed by atoms with Gasteiger partial charge in [-0.2, -0.15) is 0 Å². The van der Waals surface area contributed by atoms with Crippen molar-refractivity contribution in [2.24, 2.45) is 0 Å². The number of aliphatic hydroxyl groups excluding tert-OH is 1. The van der Waals surface area contributed by atoms with E-state index in [-0.39, 0.29) is 6.61 Å². The summed E-state index contributed by atoms with van der Waals surface area (Å²) in [4.78, 5) is 4.10. The third kappa shape index (κ3) is 2.10. The molecule has 0 bridgehead atoms. The Labute approximate surface area is 71.6 Å². The largest absolute Gasteiger partial charge is 0.395 e. The molecule has 3 N–H and O–H groups in total. The fraction of sp³-hybridized carbons (Fsp3) is 0.375. The van der Waals surface area contributed by atoms with Gasteiger partial charge in [0, 0.05) is 19.8 Å². The number of nitrogens with zero attached hydrogens (tertiary/aromatic N) is 1. The average Bonchev–Trinajstić information content (AvgIpc) is 2.15. The first-order valence-corrected chi connectivity index (χ1v) is 3.86. The predicted molar refractivity (Wildman–Crippen MR) is 49.4 cm³/mol. The number of pyridine rings is 1. The first kappa shape index (κ1) is 8.80. The summed E-state index contributed by atoms with van der Waals surface area (Å²) >= 11 is 0. The van der Waals surface area contributed by atoms with Crippen LogP contribution in [0.5, 0.6) is 0 Å². The summed E-state index contributed by atoms with van der Waals surface area (Å²) in [5.74, 6) is 0.772. The summed E-state index contributed by atoms with van der Waals surface area (Å²) in [6.07, 6.45) is 1.71. The van der Waals surface area contributed by atoms with Gasteiger partial charge in [-0.1, -0.05) is 0 Å². The van der Waals surface area contributed by atoms with Crippen LogP contribution in [0.3, 0.4) is 0 Å². The third-order valence-electron chi connectivity index (χ3n) is 1.48. The molecule has 0 unspecified atom stereocenters. The van der Waals surface area contributed by atoms with Crippen LogP contribution in [0, 0.1) is 0 Å². The molecule has 0 aromatic carbocycles. The molecule has 1 heterocycles. The van der Waals surface area contributed by atoms with Crippen molar-refractivity contribution in [3.63, 3.8) is 0 Å². The molecule has 0 aliphatic rings. The monoisotopic (exact) mass is 167 g/mol. The molecule has 4 heteroatoms. The van der Waals surface area contributed by atoms with Crippen molar-refractivity contribution in [1.29, 1.82) is 0 Å². The molecule has 0 radical (unpaired) electrons.